The number of likely N-dealkylation sites (N-methyl/N-ethyl adjacent to an activating group) is 1. The zero-order valence-corrected chi connectivity index (χ0v) is 12.4. The molecule has 1 aromatic heterocycles. The van der Waals surface area contributed by atoms with Gasteiger partial charge in [0.25, 0.3) is 0 Å². The van der Waals surface area contributed by atoms with Crippen LogP contribution in [0, 0.1) is 0 Å². The molecule has 2 aromatic rings. The van der Waals surface area contributed by atoms with Crippen molar-refractivity contribution in [3.8, 4) is 0 Å². The highest BCUT2D eigenvalue weighted by molar-refractivity contribution is 5.78. The van der Waals surface area contributed by atoms with Gasteiger partial charge in [0.1, 0.15) is 0 Å². The molecule has 1 N–H and O–H groups in total. The zero-order valence-electron chi connectivity index (χ0n) is 12.4. The maximum atomic E-state index is 5.56. The van der Waals surface area contributed by atoms with Crippen molar-refractivity contribution in [2.24, 2.45) is 0 Å². The van der Waals surface area contributed by atoms with Crippen LogP contribution < -0.4 is 5.32 Å². The highest BCUT2D eigenvalue weighted by Crippen LogP contribution is 2.13. The minimum atomic E-state index is 0.417. The second kappa shape index (κ2) is 7.98. The Hall–Kier alpha value is -1.45. The monoisotopic (exact) mass is 272 g/mol. The molecule has 0 bridgehead atoms. The van der Waals surface area contributed by atoms with Crippen molar-refractivity contribution in [2.45, 2.75) is 32.2 Å². The van der Waals surface area contributed by atoms with Crippen molar-refractivity contribution < 1.29 is 4.74 Å². The molecule has 0 spiro atoms. The molecule has 0 radical (unpaired) electrons. The first-order chi connectivity index (χ1) is 9.83. The van der Waals surface area contributed by atoms with Crippen LogP contribution in [0.25, 0.3) is 10.9 Å². The van der Waals surface area contributed by atoms with Crippen LogP contribution in [0.5, 0.6) is 0 Å². The molecule has 108 valence electrons. The summed E-state index contributed by atoms with van der Waals surface area (Å²) in [6, 6.07) is 12.9. The van der Waals surface area contributed by atoms with Crippen molar-refractivity contribution in [3.05, 3.63) is 42.1 Å². The van der Waals surface area contributed by atoms with Crippen LogP contribution in [-0.4, -0.2) is 31.3 Å². The third-order valence-electron chi connectivity index (χ3n) is 3.48. The van der Waals surface area contributed by atoms with Gasteiger partial charge in [-0.3, -0.25) is 4.98 Å². The fourth-order valence-electron chi connectivity index (χ4n) is 2.29. The van der Waals surface area contributed by atoms with Gasteiger partial charge < -0.3 is 10.1 Å². The number of para-hydroxylation sites is 1. The summed E-state index contributed by atoms with van der Waals surface area (Å²) in [6.07, 6.45) is 3.04. The quantitative estimate of drug-likeness (QED) is 0.749. The van der Waals surface area contributed by atoms with Gasteiger partial charge in [-0.1, -0.05) is 31.2 Å². The van der Waals surface area contributed by atoms with Crippen LogP contribution in [0.4, 0.5) is 0 Å². The van der Waals surface area contributed by atoms with Crippen LogP contribution in [0.1, 0.15) is 25.5 Å². The summed E-state index contributed by atoms with van der Waals surface area (Å²) in [4.78, 5) is 4.73. The number of fused-ring (bicyclic) bond motifs is 1. The van der Waals surface area contributed by atoms with E-state index in [0.29, 0.717) is 6.04 Å². The highest BCUT2D eigenvalue weighted by atomic mass is 16.5. The number of hydrogen-bond donors (Lipinski definition) is 1. The second-order valence-electron chi connectivity index (χ2n) is 5.09. The molecule has 2 rings (SSSR count). The molecule has 0 saturated heterocycles. The van der Waals surface area contributed by atoms with Crippen molar-refractivity contribution in [1.82, 2.24) is 10.3 Å². The molecule has 0 aliphatic rings. The average Bonchev–Trinajstić information content (AvgIpc) is 2.50. The van der Waals surface area contributed by atoms with E-state index in [-0.39, 0.29) is 0 Å². The minimum Gasteiger partial charge on any atom is -0.381 e. The Balaban J connectivity index is 1.94. The van der Waals surface area contributed by atoms with E-state index in [9.17, 15) is 0 Å². The molecule has 0 fully saturated rings. The maximum Gasteiger partial charge on any atom is 0.0705 e. The lowest BCUT2D eigenvalue weighted by Gasteiger charge is -2.16. The number of rotatable bonds is 8. The first kappa shape index (κ1) is 14.9. The third-order valence-corrected chi connectivity index (χ3v) is 3.48. The number of nitrogens with one attached hydrogen (secondary N) is 1. The van der Waals surface area contributed by atoms with Gasteiger partial charge in [0.15, 0.2) is 0 Å². The lowest BCUT2D eigenvalue weighted by molar-refractivity contribution is 0.125. The number of nitrogens with zero attached hydrogens (tertiary/aromatic N) is 1. The Kier molecular flexibility index (Phi) is 5.96. The average molecular weight is 272 g/mol. The van der Waals surface area contributed by atoms with Crippen LogP contribution in [0.3, 0.4) is 0 Å². The van der Waals surface area contributed by atoms with E-state index in [1.54, 1.807) is 0 Å². The molecule has 1 atom stereocenters. The van der Waals surface area contributed by atoms with Gasteiger partial charge in [-0.05, 0) is 32.0 Å². The SMILES string of the molecule is CCCOCCC(Cc1ccc2ccccc2n1)NC. The van der Waals surface area contributed by atoms with E-state index in [4.69, 9.17) is 9.72 Å². The van der Waals surface area contributed by atoms with Gasteiger partial charge in [0.05, 0.1) is 5.52 Å². The summed E-state index contributed by atoms with van der Waals surface area (Å²) in [5.74, 6) is 0. The van der Waals surface area contributed by atoms with Gasteiger partial charge >= 0.3 is 0 Å². The molecule has 3 heteroatoms. The summed E-state index contributed by atoms with van der Waals surface area (Å²) < 4.78 is 5.56. The predicted octanol–water partition coefficient (Wildman–Crippen LogP) is 3.18. The number of pyridine rings is 1. The van der Waals surface area contributed by atoms with Gasteiger partial charge in [-0.15, -0.1) is 0 Å². The lowest BCUT2D eigenvalue weighted by Crippen LogP contribution is -2.29. The maximum absolute atomic E-state index is 5.56. The fraction of sp³-hybridized carbons (Fsp3) is 0.471. The number of hydrogen-bond acceptors (Lipinski definition) is 3. The number of benzene rings is 1. The van der Waals surface area contributed by atoms with Crippen LogP contribution in [0.15, 0.2) is 36.4 Å². The topological polar surface area (TPSA) is 34.1 Å². The minimum absolute atomic E-state index is 0.417. The smallest absolute Gasteiger partial charge is 0.0705 e. The van der Waals surface area contributed by atoms with Gasteiger partial charge in [-0.2, -0.15) is 0 Å². The van der Waals surface area contributed by atoms with Gasteiger partial charge in [0, 0.05) is 36.8 Å². The summed E-state index contributed by atoms with van der Waals surface area (Å²) in [5.41, 5.74) is 2.21. The molecule has 3 nitrogen and oxygen atoms in total. The van der Waals surface area contributed by atoms with Crippen molar-refractivity contribution >= 4 is 10.9 Å². The van der Waals surface area contributed by atoms with Crippen molar-refractivity contribution in [3.63, 3.8) is 0 Å². The van der Waals surface area contributed by atoms with E-state index >= 15 is 0 Å². The normalized spacial score (nSPS) is 12.7. The van der Waals surface area contributed by atoms with Crippen LogP contribution >= 0.6 is 0 Å². The third kappa shape index (κ3) is 4.29. The Morgan fingerprint density at radius 3 is 2.80 bits per heavy atom. The Bertz CT molecular complexity index is 527. The Morgan fingerprint density at radius 1 is 1.15 bits per heavy atom. The highest BCUT2D eigenvalue weighted by Gasteiger charge is 2.08. The largest absolute Gasteiger partial charge is 0.381 e. The molecule has 1 heterocycles. The first-order valence-electron chi connectivity index (χ1n) is 7.43. The van der Waals surface area contributed by atoms with Gasteiger partial charge in [-0.25, -0.2) is 0 Å². The summed E-state index contributed by atoms with van der Waals surface area (Å²) >= 11 is 0. The summed E-state index contributed by atoms with van der Waals surface area (Å²) in [7, 11) is 2.01. The molecule has 1 unspecified atom stereocenters. The molecule has 0 amide bonds. The van der Waals surface area contributed by atoms with E-state index < -0.39 is 0 Å². The molecule has 20 heavy (non-hydrogen) atoms. The van der Waals surface area contributed by atoms with E-state index in [2.05, 4.69) is 36.5 Å². The zero-order chi connectivity index (χ0) is 14.2. The fourth-order valence-corrected chi connectivity index (χ4v) is 2.29. The van der Waals surface area contributed by atoms with Crippen LogP contribution in [0.2, 0.25) is 0 Å². The first-order valence-corrected chi connectivity index (χ1v) is 7.43. The molecule has 0 aliphatic carbocycles. The standard InChI is InChI=1S/C17H24N2O/c1-3-11-20-12-10-15(18-2)13-16-9-8-14-6-4-5-7-17(14)19-16/h4-9,15,18H,3,10-13H2,1-2H3. The van der Waals surface area contributed by atoms with Gasteiger partial charge in [0.2, 0.25) is 0 Å². The van der Waals surface area contributed by atoms with Crippen molar-refractivity contribution in [1.29, 1.82) is 0 Å². The second-order valence-corrected chi connectivity index (χ2v) is 5.09. The van der Waals surface area contributed by atoms with Crippen molar-refractivity contribution in [2.75, 3.05) is 20.3 Å². The van der Waals surface area contributed by atoms with E-state index in [1.807, 2.05) is 19.2 Å². The number of ether oxygens (including phenoxy) is 1. The van der Waals surface area contributed by atoms with E-state index in [0.717, 1.165) is 43.7 Å². The summed E-state index contributed by atoms with van der Waals surface area (Å²) in [6.45, 7) is 3.80. The summed E-state index contributed by atoms with van der Waals surface area (Å²) in [5, 5.41) is 4.55. The Morgan fingerprint density at radius 2 is 2.00 bits per heavy atom. The molecule has 1 aromatic carbocycles. The van der Waals surface area contributed by atoms with Crippen LogP contribution in [-0.2, 0) is 11.2 Å². The predicted molar refractivity (Wildman–Crippen MR) is 84.0 cm³/mol. The molecular weight excluding hydrogens is 248 g/mol. The molecule has 0 aliphatic heterocycles. The lowest BCUT2D eigenvalue weighted by atomic mass is 10.1. The van der Waals surface area contributed by atoms with E-state index in [1.165, 1.54) is 5.39 Å². The molecule has 0 saturated carbocycles. The Labute approximate surface area is 121 Å². The number of aromatic nitrogens is 1. The molecular formula is C17H24N2O.